The summed E-state index contributed by atoms with van der Waals surface area (Å²) in [6.45, 7) is 0. The van der Waals surface area contributed by atoms with Crippen LogP contribution in [0.4, 0.5) is 0 Å². The van der Waals surface area contributed by atoms with Crippen LogP contribution >= 0.6 is 22.7 Å². The Balaban J connectivity index is 1.24. The Hall–Kier alpha value is -2.94. The highest BCUT2D eigenvalue weighted by Gasteiger charge is 2.28. The number of fused-ring (bicyclic) bond motifs is 9. The molecule has 0 spiro atoms. The molecule has 0 amide bonds. The third-order valence-electron chi connectivity index (χ3n) is 6.37. The van der Waals surface area contributed by atoms with E-state index in [1.807, 2.05) is 22.7 Å². The van der Waals surface area contributed by atoms with Gasteiger partial charge in [-0.15, -0.1) is 22.7 Å². The molecule has 2 aromatic heterocycles. The van der Waals surface area contributed by atoms with Gasteiger partial charge in [-0.1, -0.05) is 66.7 Å². The molecule has 0 bridgehead atoms. The molecule has 0 nitrogen and oxygen atoms in total. The van der Waals surface area contributed by atoms with Crippen LogP contribution in [0.15, 0.2) is 84.2 Å². The van der Waals surface area contributed by atoms with E-state index in [0.29, 0.717) is 0 Å². The van der Waals surface area contributed by atoms with E-state index in [2.05, 4.69) is 84.2 Å². The van der Waals surface area contributed by atoms with E-state index in [-0.39, 0.29) is 0 Å². The molecule has 4 aromatic carbocycles. The zero-order valence-corrected chi connectivity index (χ0v) is 17.9. The Morgan fingerprint density at radius 2 is 1.33 bits per heavy atom. The van der Waals surface area contributed by atoms with E-state index < -0.39 is 0 Å². The molecule has 30 heavy (non-hydrogen) atoms. The average molecular weight is 419 g/mol. The van der Waals surface area contributed by atoms with Crippen molar-refractivity contribution in [2.24, 2.45) is 0 Å². The van der Waals surface area contributed by atoms with Crippen molar-refractivity contribution in [3.63, 3.8) is 0 Å². The van der Waals surface area contributed by atoms with Gasteiger partial charge in [0.25, 0.3) is 0 Å². The molecule has 0 unspecified atom stereocenters. The topological polar surface area (TPSA) is 0 Å². The molecule has 2 heteroatoms. The van der Waals surface area contributed by atoms with Gasteiger partial charge in [0.2, 0.25) is 0 Å². The lowest BCUT2D eigenvalue weighted by Gasteiger charge is -2.25. The van der Waals surface area contributed by atoms with Gasteiger partial charge >= 0.3 is 0 Å². The van der Waals surface area contributed by atoms with Gasteiger partial charge in [0.05, 0.1) is 0 Å². The minimum Gasteiger partial charge on any atom is -0.143 e. The normalized spacial score (nSPS) is 12.3. The molecule has 0 aliphatic heterocycles. The molecule has 2 heterocycles. The van der Waals surface area contributed by atoms with Crippen LogP contribution in [0.1, 0.15) is 10.4 Å². The maximum absolute atomic E-state index is 2.41. The van der Waals surface area contributed by atoms with E-state index in [9.17, 15) is 0 Å². The molecule has 0 saturated carbocycles. The summed E-state index contributed by atoms with van der Waals surface area (Å²) in [5.74, 6) is 0. The lowest BCUT2D eigenvalue weighted by molar-refractivity contribution is 0.984. The molecule has 0 radical (unpaired) electrons. The van der Waals surface area contributed by atoms with Gasteiger partial charge in [0, 0.05) is 25.4 Å². The Labute approximate surface area is 183 Å². The summed E-state index contributed by atoms with van der Waals surface area (Å²) in [4.78, 5) is 1.48. The van der Waals surface area contributed by atoms with Crippen LogP contribution in [-0.4, -0.2) is 0 Å². The third kappa shape index (κ3) is 2.38. The number of aryl methyl sites for hydroxylation is 2. The molecule has 1 aliphatic rings. The van der Waals surface area contributed by atoms with E-state index in [0.717, 1.165) is 12.8 Å². The molecule has 0 fully saturated rings. The predicted octanol–water partition coefficient (Wildman–Crippen LogP) is 8.70. The Morgan fingerprint density at radius 3 is 2.23 bits per heavy atom. The highest BCUT2D eigenvalue weighted by molar-refractivity contribution is 7.20. The Bertz CT molecular complexity index is 1600. The van der Waals surface area contributed by atoms with Gasteiger partial charge in [-0.25, -0.2) is 0 Å². The summed E-state index contributed by atoms with van der Waals surface area (Å²) < 4.78 is 2.90. The summed E-state index contributed by atoms with van der Waals surface area (Å²) in [5.41, 5.74) is 7.23. The molecule has 0 atom stereocenters. The lowest BCUT2D eigenvalue weighted by atomic mass is 9.79. The van der Waals surface area contributed by atoms with Crippen LogP contribution in [0.5, 0.6) is 0 Å². The maximum Gasteiger partial charge on any atom is 0.0430 e. The third-order valence-corrected chi connectivity index (χ3v) is 8.55. The first-order valence-corrected chi connectivity index (χ1v) is 12.1. The minimum atomic E-state index is 1.09. The van der Waals surface area contributed by atoms with Crippen LogP contribution in [0.3, 0.4) is 0 Å². The van der Waals surface area contributed by atoms with Crippen LogP contribution in [0, 0.1) is 0 Å². The van der Waals surface area contributed by atoms with Crippen LogP contribution in [-0.2, 0) is 12.8 Å². The van der Waals surface area contributed by atoms with Gasteiger partial charge in [0.1, 0.15) is 0 Å². The number of rotatable bonds is 3. The number of hydrogen-bond donors (Lipinski definition) is 0. The predicted molar refractivity (Wildman–Crippen MR) is 133 cm³/mol. The second kappa shape index (κ2) is 6.28. The summed E-state index contributed by atoms with van der Waals surface area (Å²) in [7, 11) is 0. The quantitative estimate of drug-likeness (QED) is 0.269. The smallest absolute Gasteiger partial charge is 0.0430 e. The zero-order chi connectivity index (χ0) is 19.7. The fourth-order valence-corrected chi connectivity index (χ4v) is 7.04. The van der Waals surface area contributed by atoms with Gasteiger partial charge in [-0.2, -0.15) is 0 Å². The fourth-order valence-electron chi connectivity index (χ4n) is 4.86. The summed E-state index contributed by atoms with van der Waals surface area (Å²) >= 11 is 3.85. The Kier molecular flexibility index (Phi) is 3.52. The van der Waals surface area contributed by atoms with E-state index in [1.165, 1.54) is 63.6 Å². The van der Waals surface area contributed by atoms with E-state index >= 15 is 0 Å². The van der Waals surface area contributed by atoms with Crippen molar-refractivity contribution in [2.75, 3.05) is 0 Å². The number of thiophene rings is 2. The summed E-state index contributed by atoms with van der Waals surface area (Å²) in [6.07, 6.45) is 2.19. The molecule has 6 aromatic rings. The first-order chi connectivity index (χ1) is 14.8. The van der Waals surface area contributed by atoms with Gasteiger partial charge in [-0.3, -0.25) is 0 Å². The standard InChI is InChI=1S/C28H18S2/c1-2-4-20-15-17(5-7-18(20)3-1)6-10-22-16-21-9-12-24-25-23(26(24)28(21)30-22)11-8-19-13-14-29-27(19)25/h1-5,7-9,11-16H,6,10H2. The van der Waals surface area contributed by atoms with Gasteiger partial charge in [0.15, 0.2) is 0 Å². The number of benzene rings is 4. The van der Waals surface area contributed by atoms with Crippen LogP contribution in [0.25, 0.3) is 53.2 Å². The average Bonchev–Trinajstić information content (AvgIpc) is 3.40. The maximum atomic E-state index is 2.41. The fraction of sp³-hybridized carbons (Fsp3) is 0.0714. The molecular weight excluding hydrogens is 400 g/mol. The molecule has 142 valence electrons. The van der Waals surface area contributed by atoms with Crippen molar-refractivity contribution in [1.82, 2.24) is 0 Å². The van der Waals surface area contributed by atoms with Crippen molar-refractivity contribution in [3.8, 4) is 22.3 Å². The monoisotopic (exact) mass is 418 g/mol. The van der Waals surface area contributed by atoms with Crippen molar-refractivity contribution in [2.45, 2.75) is 12.8 Å². The summed E-state index contributed by atoms with van der Waals surface area (Å²) in [6, 6.07) is 29.4. The van der Waals surface area contributed by atoms with Gasteiger partial charge in [-0.05, 0) is 68.6 Å². The van der Waals surface area contributed by atoms with Crippen molar-refractivity contribution in [3.05, 3.63) is 94.7 Å². The molecule has 1 aliphatic carbocycles. The summed E-state index contributed by atoms with van der Waals surface area (Å²) in [5, 5.41) is 7.62. The highest BCUT2D eigenvalue weighted by Crippen LogP contribution is 2.55. The second-order valence-corrected chi connectivity index (χ2v) is 10.2. The van der Waals surface area contributed by atoms with E-state index in [1.54, 1.807) is 0 Å². The Morgan fingerprint density at radius 1 is 0.567 bits per heavy atom. The first-order valence-electron chi connectivity index (χ1n) is 10.4. The first kappa shape index (κ1) is 16.8. The molecule has 0 saturated heterocycles. The van der Waals surface area contributed by atoms with Crippen LogP contribution in [0.2, 0.25) is 0 Å². The largest absolute Gasteiger partial charge is 0.143 e. The zero-order valence-electron chi connectivity index (χ0n) is 16.3. The SMILES string of the molecule is c1ccc2cc(CCc3cc4ccc5c(c4s3)-c3ccc4ccsc4c3-5)ccc2c1. The van der Waals surface area contributed by atoms with Crippen molar-refractivity contribution in [1.29, 1.82) is 0 Å². The minimum absolute atomic E-state index is 1.09. The van der Waals surface area contributed by atoms with Crippen molar-refractivity contribution >= 4 is 53.6 Å². The molecule has 7 rings (SSSR count). The second-order valence-electron chi connectivity index (χ2n) is 8.13. The van der Waals surface area contributed by atoms with Crippen LogP contribution < -0.4 is 0 Å². The lowest BCUT2D eigenvalue weighted by Crippen LogP contribution is -1.98. The number of hydrogen-bond acceptors (Lipinski definition) is 2. The van der Waals surface area contributed by atoms with Gasteiger partial charge < -0.3 is 0 Å². The van der Waals surface area contributed by atoms with Crippen molar-refractivity contribution < 1.29 is 0 Å². The van der Waals surface area contributed by atoms with E-state index in [4.69, 9.17) is 0 Å². The molecular formula is C28H18S2. The highest BCUT2D eigenvalue weighted by atomic mass is 32.1. The molecule has 0 N–H and O–H groups in total.